The molecule has 0 heterocycles. The topological polar surface area (TPSA) is 57.6 Å². The molecule has 0 aliphatic carbocycles. The van der Waals surface area contributed by atoms with Crippen LogP contribution in [0.5, 0.6) is 0 Å². The Labute approximate surface area is 84.9 Å². The molecule has 0 saturated carbocycles. The third-order valence-corrected chi connectivity index (χ3v) is 2.32. The van der Waals surface area contributed by atoms with Crippen LogP contribution in [0.25, 0.3) is 0 Å². The van der Waals surface area contributed by atoms with Crippen molar-refractivity contribution < 1.29 is 14.7 Å². The van der Waals surface area contributed by atoms with Gasteiger partial charge in [-0.25, -0.2) is 4.79 Å². The summed E-state index contributed by atoms with van der Waals surface area (Å²) >= 11 is 0. The molecule has 0 aromatic rings. The Morgan fingerprint density at radius 3 is 2.07 bits per heavy atom. The molecular formula is C10H19NO3. The number of hydrogen-bond donors (Lipinski definition) is 1. The SMILES string of the molecule is CC(C)CC(=O)N(C)C(C)(C)C(=O)O. The minimum atomic E-state index is -1.13. The van der Waals surface area contributed by atoms with Crippen LogP contribution in [0.15, 0.2) is 0 Å². The number of amides is 1. The minimum Gasteiger partial charge on any atom is -0.480 e. The van der Waals surface area contributed by atoms with Crippen LogP contribution in [0.4, 0.5) is 0 Å². The molecule has 0 aliphatic heterocycles. The first-order chi connectivity index (χ1) is 6.19. The fourth-order valence-corrected chi connectivity index (χ4v) is 0.941. The zero-order valence-electron chi connectivity index (χ0n) is 9.50. The highest BCUT2D eigenvalue weighted by molar-refractivity contribution is 5.86. The number of hydrogen-bond acceptors (Lipinski definition) is 2. The predicted molar refractivity (Wildman–Crippen MR) is 53.9 cm³/mol. The second-order valence-electron chi connectivity index (χ2n) is 4.41. The smallest absolute Gasteiger partial charge is 0.329 e. The van der Waals surface area contributed by atoms with Gasteiger partial charge in [0.25, 0.3) is 0 Å². The fraction of sp³-hybridized carbons (Fsp3) is 0.800. The van der Waals surface area contributed by atoms with E-state index < -0.39 is 11.5 Å². The summed E-state index contributed by atoms with van der Waals surface area (Å²) in [5.41, 5.74) is -1.13. The van der Waals surface area contributed by atoms with Gasteiger partial charge in [0.2, 0.25) is 5.91 Å². The van der Waals surface area contributed by atoms with Gasteiger partial charge in [-0.15, -0.1) is 0 Å². The highest BCUT2D eigenvalue weighted by Crippen LogP contribution is 2.15. The molecule has 82 valence electrons. The summed E-state index contributed by atoms with van der Waals surface area (Å²) in [6.45, 7) is 6.90. The quantitative estimate of drug-likeness (QED) is 0.747. The van der Waals surface area contributed by atoms with Gasteiger partial charge in [0.05, 0.1) is 0 Å². The standard InChI is InChI=1S/C10H19NO3/c1-7(2)6-8(12)11(5)10(3,4)9(13)14/h7H,6H2,1-5H3,(H,13,14). The van der Waals surface area contributed by atoms with Gasteiger partial charge in [-0.3, -0.25) is 4.79 Å². The molecule has 0 atom stereocenters. The van der Waals surface area contributed by atoms with E-state index in [2.05, 4.69) is 0 Å². The van der Waals surface area contributed by atoms with Crippen molar-refractivity contribution in [3.8, 4) is 0 Å². The lowest BCUT2D eigenvalue weighted by molar-refractivity contribution is -0.155. The third kappa shape index (κ3) is 3.01. The Balaban J connectivity index is 4.53. The monoisotopic (exact) mass is 201 g/mol. The Bertz CT molecular complexity index is 234. The van der Waals surface area contributed by atoms with Gasteiger partial charge in [-0.05, 0) is 19.8 Å². The van der Waals surface area contributed by atoms with E-state index >= 15 is 0 Å². The molecule has 0 bridgehead atoms. The van der Waals surface area contributed by atoms with E-state index in [1.165, 1.54) is 25.8 Å². The van der Waals surface area contributed by atoms with Crippen molar-refractivity contribution in [2.24, 2.45) is 5.92 Å². The van der Waals surface area contributed by atoms with Crippen LogP contribution in [-0.2, 0) is 9.59 Å². The first-order valence-electron chi connectivity index (χ1n) is 4.69. The molecule has 14 heavy (non-hydrogen) atoms. The van der Waals surface area contributed by atoms with Gasteiger partial charge < -0.3 is 10.0 Å². The van der Waals surface area contributed by atoms with Crippen molar-refractivity contribution in [3.05, 3.63) is 0 Å². The molecule has 0 spiro atoms. The molecule has 0 radical (unpaired) electrons. The molecule has 0 rings (SSSR count). The van der Waals surface area contributed by atoms with Crippen LogP contribution < -0.4 is 0 Å². The van der Waals surface area contributed by atoms with Crippen molar-refractivity contribution in [2.75, 3.05) is 7.05 Å². The molecule has 4 heteroatoms. The number of rotatable bonds is 4. The number of carboxylic acids is 1. The van der Waals surface area contributed by atoms with Gasteiger partial charge in [0, 0.05) is 13.5 Å². The second kappa shape index (κ2) is 4.44. The zero-order valence-corrected chi connectivity index (χ0v) is 9.50. The van der Waals surface area contributed by atoms with Crippen molar-refractivity contribution in [2.45, 2.75) is 39.7 Å². The molecule has 0 aromatic heterocycles. The maximum Gasteiger partial charge on any atom is 0.329 e. The molecule has 0 saturated heterocycles. The normalized spacial score (nSPS) is 11.6. The highest BCUT2D eigenvalue weighted by atomic mass is 16.4. The summed E-state index contributed by atoms with van der Waals surface area (Å²) in [6.07, 6.45) is 0.382. The summed E-state index contributed by atoms with van der Waals surface area (Å²) in [6, 6.07) is 0. The van der Waals surface area contributed by atoms with Crippen LogP contribution in [0.1, 0.15) is 34.1 Å². The first kappa shape index (κ1) is 12.9. The summed E-state index contributed by atoms with van der Waals surface area (Å²) in [4.78, 5) is 23.7. The molecule has 0 unspecified atom stereocenters. The minimum absolute atomic E-state index is 0.132. The predicted octanol–water partition coefficient (Wildman–Crippen LogP) is 1.35. The Morgan fingerprint density at radius 1 is 1.36 bits per heavy atom. The van der Waals surface area contributed by atoms with Crippen LogP contribution >= 0.6 is 0 Å². The van der Waals surface area contributed by atoms with Crippen LogP contribution in [0.2, 0.25) is 0 Å². The van der Waals surface area contributed by atoms with Crippen molar-refractivity contribution in [1.29, 1.82) is 0 Å². The van der Waals surface area contributed by atoms with E-state index in [0.29, 0.717) is 6.42 Å². The van der Waals surface area contributed by atoms with Gasteiger partial charge >= 0.3 is 5.97 Å². The maximum atomic E-state index is 11.6. The number of carbonyl (C=O) groups is 2. The lowest BCUT2D eigenvalue weighted by Gasteiger charge is -2.32. The fourth-order valence-electron chi connectivity index (χ4n) is 0.941. The summed E-state index contributed by atoms with van der Waals surface area (Å²) in [7, 11) is 1.53. The number of likely N-dealkylation sites (N-methyl/N-ethyl adjacent to an activating group) is 1. The van der Waals surface area contributed by atoms with E-state index in [-0.39, 0.29) is 11.8 Å². The second-order valence-corrected chi connectivity index (χ2v) is 4.41. The van der Waals surface area contributed by atoms with Crippen molar-refractivity contribution in [3.63, 3.8) is 0 Å². The number of aliphatic carboxylic acids is 1. The molecule has 0 aromatic carbocycles. The van der Waals surface area contributed by atoms with Crippen LogP contribution in [0, 0.1) is 5.92 Å². The van der Waals surface area contributed by atoms with E-state index in [4.69, 9.17) is 5.11 Å². The first-order valence-corrected chi connectivity index (χ1v) is 4.69. The van der Waals surface area contributed by atoms with Gasteiger partial charge in [-0.2, -0.15) is 0 Å². The zero-order chi connectivity index (χ0) is 11.5. The average Bonchev–Trinajstić information content (AvgIpc) is 2.01. The molecule has 0 aliphatic rings. The molecule has 0 fully saturated rings. The lowest BCUT2D eigenvalue weighted by Crippen LogP contribution is -2.51. The Morgan fingerprint density at radius 2 is 1.79 bits per heavy atom. The molecule has 4 nitrogen and oxygen atoms in total. The van der Waals surface area contributed by atoms with E-state index in [1.54, 1.807) is 0 Å². The number of nitrogens with zero attached hydrogens (tertiary/aromatic N) is 1. The van der Waals surface area contributed by atoms with Gasteiger partial charge in [0.15, 0.2) is 0 Å². The van der Waals surface area contributed by atoms with Crippen LogP contribution in [-0.4, -0.2) is 34.5 Å². The van der Waals surface area contributed by atoms with Crippen molar-refractivity contribution >= 4 is 11.9 Å². The maximum absolute atomic E-state index is 11.6. The number of carbonyl (C=O) groups excluding carboxylic acids is 1. The molecule has 1 N–H and O–H groups in total. The number of carboxylic acid groups (broad SMARTS) is 1. The lowest BCUT2D eigenvalue weighted by atomic mass is 10.0. The molecular weight excluding hydrogens is 182 g/mol. The highest BCUT2D eigenvalue weighted by Gasteiger charge is 2.34. The summed E-state index contributed by atoms with van der Waals surface area (Å²) in [5.74, 6) is -0.876. The van der Waals surface area contributed by atoms with E-state index in [1.807, 2.05) is 13.8 Å². The van der Waals surface area contributed by atoms with E-state index in [9.17, 15) is 9.59 Å². The Hall–Kier alpha value is -1.06. The summed E-state index contributed by atoms with van der Waals surface area (Å²) < 4.78 is 0. The average molecular weight is 201 g/mol. The summed E-state index contributed by atoms with van der Waals surface area (Å²) in [5, 5.41) is 8.90. The third-order valence-electron chi connectivity index (χ3n) is 2.32. The molecule has 1 amide bonds. The largest absolute Gasteiger partial charge is 0.480 e. The van der Waals surface area contributed by atoms with Crippen LogP contribution in [0.3, 0.4) is 0 Å². The van der Waals surface area contributed by atoms with Gasteiger partial charge in [0.1, 0.15) is 5.54 Å². The Kier molecular flexibility index (Phi) is 4.10. The van der Waals surface area contributed by atoms with Gasteiger partial charge in [-0.1, -0.05) is 13.8 Å². The van der Waals surface area contributed by atoms with Crippen molar-refractivity contribution in [1.82, 2.24) is 4.90 Å². The van der Waals surface area contributed by atoms with E-state index in [0.717, 1.165) is 0 Å².